The molecule has 1 aromatic carbocycles. The summed E-state index contributed by atoms with van der Waals surface area (Å²) in [6, 6.07) is 5.56. The molecule has 0 bridgehead atoms. The van der Waals surface area contributed by atoms with E-state index in [1.807, 2.05) is 0 Å². The van der Waals surface area contributed by atoms with Crippen molar-refractivity contribution in [3.05, 3.63) is 29.8 Å². The number of guanidine groups is 1. The molecule has 0 atom stereocenters. The number of nitrogens with one attached hydrogen (secondary N) is 1. The number of morpholine rings is 1. The molecular formula is C16H24F3IN4O2. The summed E-state index contributed by atoms with van der Waals surface area (Å²) in [5.41, 5.74) is 6.53. The molecule has 3 N–H and O–H groups in total. The van der Waals surface area contributed by atoms with Crippen LogP contribution >= 0.6 is 24.0 Å². The lowest BCUT2D eigenvalue weighted by molar-refractivity contribution is -0.274. The van der Waals surface area contributed by atoms with Crippen molar-refractivity contribution in [1.29, 1.82) is 0 Å². The van der Waals surface area contributed by atoms with Crippen LogP contribution in [0.4, 0.5) is 13.2 Å². The van der Waals surface area contributed by atoms with Crippen LogP contribution in [0.25, 0.3) is 0 Å². The second-order valence-electron chi connectivity index (χ2n) is 5.63. The Morgan fingerprint density at radius 1 is 1.23 bits per heavy atom. The molecule has 10 heteroatoms. The predicted molar refractivity (Wildman–Crippen MR) is 104 cm³/mol. The molecule has 0 saturated carbocycles. The van der Waals surface area contributed by atoms with E-state index in [0.717, 1.165) is 44.8 Å². The van der Waals surface area contributed by atoms with Crippen molar-refractivity contribution in [2.75, 3.05) is 39.4 Å². The van der Waals surface area contributed by atoms with Gasteiger partial charge in [-0.3, -0.25) is 4.90 Å². The minimum absolute atomic E-state index is 0. The molecule has 1 aliphatic rings. The first-order valence-corrected chi connectivity index (χ1v) is 8.11. The van der Waals surface area contributed by atoms with Gasteiger partial charge in [-0.05, 0) is 30.7 Å². The topological polar surface area (TPSA) is 72.1 Å². The Morgan fingerprint density at radius 2 is 1.88 bits per heavy atom. The van der Waals surface area contributed by atoms with Gasteiger partial charge in [0, 0.05) is 19.6 Å². The number of nitrogens with zero attached hydrogens (tertiary/aromatic N) is 2. The van der Waals surface area contributed by atoms with E-state index in [1.165, 1.54) is 24.3 Å². The Labute approximate surface area is 167 Å². The van der Waals surface area contributed by atoms with E-state index >= 15 is 0 Å². The summed E-state index contributed by atoms with van der Waals surface area (Å²) >= 11 is 0. The smallest absolute Gasteiger partial charge is 0.406 e. The minimum Gasteiger partial charge on any atom is -0.406 e. The van der Waals surface area contributed by atoms with Gasteiger partial charge in [-0.2, -0.15) is 0 Å². The van der Waals surface area contributed by atoms with Gasteiger partial charge < -0.3 is 20.5 Å². The van der Waals surface area contributed by atoms with E-state index in [0.29, 0.717) is 12.5 Å². The van der Waals surface area contributed by atoms with E-state index in [-0.39, 0.29) is 36.3 Å². The van der Waals surface area contributed by atoms with Crippen molar-refractivity contribution in [3.63, 3.8) is 0 Å². The van der Waals surface area contributed by atoms with Crippen LogP contribution in [-0.4, -0.2) is 56.6 Å². The highest BCUT2D eigenvalue weighted by Crippen LogP contribution is 2.22. The standard InChI is InChI=1S/C16H23F3N4O2.HI/c17-16(18,19)25-14-4-2-13(3-5-14)12-22-15(20)21-6-1-7-23-8-10-24-11-9-23;/h2-5H,1,6-12H2,(H3,20,21,22);1H. The molecule has 1 saturated heterocycles. The van der Waals surface area contributed by atoms with E-state index in [1.54, 1.807) is 0 Å². The SMILES string of the molecule is I.NC(=NCc1ccc(OC(F)(F)F)cc1)NCCCN1CCOCC1. The summed E-state index contributed by atoms with van der Waals surface area (Å²) in [4.78, 5) is 6.51. The Kier molecular flexibility index (Phi) is 10.0. The second kappa shape index (κ2) is 11.4. The summed E-state index contributed by atoms with van der Waals surface area (Å²) in [6.45, 7) is 5.45. The van der Waals surface area contributed by atoms with Crippen LogP contribution in [0.2, 0.25) is 0 Å². The van der Waals surface area contributed by atoms with E-state index < -0.39 is 6.36 Å². The van der Waals surface area contributed by atoms with Crippen molar-refractivity contribution in [3.8, 4) is 5.75 Å². The Balaban J connectivity index is 0.00000338. The lowest BCUT2D eigenvalue weighted by Gasteiger charge is -2.26. The van der Waals surface area contributed by atoms with Crippen LogP contribution < -0.4 is 15.8 Å². The zero-order valence-corrected chi connectivity index (χ0v) is 16.6. The lowest BCUT2D eigenvalue weighted by Crippen LogP contribution is -2.39. The molecule has 6 nitrogen and oxygen atoms in total. The van der Waals surface area contributed by atoms with Gasteiger partial charge in [0.1, 0.15) is 5.75 Å². The number of alkyl halides is 3. The fourth-order valence-electron chi connectivity index (χ4n) is 2.37. The van der Waals surface area contributed by atoms with E-state index in [2.05, 4.69) is 19.9 Å². The van der Waals surface area contributed by atoms with Crippen molar-refractivity contribution in [2.24, 2.45) is 10.7 Å². The summed E-state index contributed by atoms with van der Waals surface area (Å²) in [6.07, 6.45) is -3.74. The number of hydrogen-bond acceptors (Lipinski definition) is 4. The first-order chi connectivity index (χ1) is 11.9. The first kappa shape index (κ1) is 22.8. The van der Waals surface area contributed by atoms with Crippen LogP contribution in [-0.2, 0) is 11.3 Å². The van der Waals surface area contributed by atoms with Gasteiger partial charge >= 0.3 is 6.36 Å². The Morgan fingerprint density at radius 3 is 2.50 bits per heavy atom. The van der Waals surface area contributed by atoms with Crippen LogP contribution in [0.1, 0.15) is 12.0 Å². The molecule has 1 aromatic rings. The maximum Gasteiger partial charge on any atom is 0.573 e. The lowest BCUT2D eigenvalue weighted by atomic mass is 10.2. The molecule has 0 amide bonds. The third-order valence-corrected chi connectivity index (χ3v) is 3.65. The summed E-state index contributed by atoms with van der Waals surface area (Å²) in [7, 11) is 0. The number of rotatable bonds is 7. The zero-order chi connectivity index (χ0) is 18.1. The molecule has 1 heterocycles. The van der Waals surface area contributed by atoms with Crippen LogP contribution in [0.5, 0.6) is 5.75 Å². The van der Waals surface area contributed by atoms with Crippen molar-refractivity contribution in [1.82, 2.24) is 10.2 Å². The molecule has 0 aromatic heterocycles. The average Bonchev–Trinajstić information content (AvgIpc) is 2.58. The first-order valence-electron chi connectivity index (χ1n) is 8.11. The fraction of sp³-hybridized carbons (Fsp3) is 0.562. The van der Waals surface area contributed by atoms with Crippen molar-refractivity contribution < 1.29 is 22.6 Å². The maximum atomic E-state index is 12.1. The average molecular weight is 488 g/mol. The Hall–Kier alpha value is -1.27. The number of hydrogen-bond donors (Lipinski definition) is 2. The molecule has 0 radical (unpaired) electrons. The number of aliphatic imine (C=N–C) groups is 1. The normalized spacial score (nSPS) is 16.0. The van der Waals surface area contributed by atoms with Gasteiger partial charge in [-0.25, -0.2) is 4.99 Å². The van der Waals surface area contributed by atoms with Gasteiger partial charge in [0.2, 0.25) is 0 Å². The molecule has 2 rings (SSSR count). The predicted octanol–water partition coefficient (Wildman–Crippen LogP) is 2.33. The number of nitrogens with two attached hydrogens (primary N) is 1. The quantitative estimate of drug-likeness (QED) is 0.267. The highest BCUT2D eigenvalue weighted by Gasteiger charge is 2.30. The number of benzene rings is 1. The molecule has 0 unspecified atom stereocenters. The van der Waals surface area contributed by atoms with E-state index in [4.69, 9.17) is 10.5 Å². The molecule has 26 heavy (non-hydrogen) atoms. The molecule has 1 aliphatic heterocycles. The largest absolute Gasteiger partial charge is 0.573 e. The highest BCUT2D eigenvalue weighted by molar-refractivity contribution is 14.0. The minimum atomic E-state index is -4.69. The second-order valence-corrected chi connectivity index (χ2v) is 5.63. The number of halogens is 4. The number of ether oxygens (including phenoxy) is 2. The van der Waals surface area contributed by atoms with Gasteiger partial charge in [-0.1, -0.05) is 12.1 Å². The van der Waals surface area contributed by atoms with Crippen molar-refractivity contribution in [2.45, 2.75) is 19.3 Å². The fourth-order valence-corrected chi connectivity index (χ4v) is 2.37. The molecule has 0 aliphatic carbocycles. The van der Waals surface area contributed by atoms with Crippen LogP contribution in [0.15, 0.2) is 29.3 Å². The maximum absolute atomic E-state index is 12.1. The van der Waals surface area contributed by atoms with Crippen LogP contribution in [0.3, 0.4) is 0 Å². The summed E-state index contributed by atoms with van der Waals surface area (Å²) in [5, 5.41) is 3.03. The van der Waals surface area contributed by atoms with Crippen molar-refractivity contribution >= 4 is 29.9 Å². The van der Waals surface area contributed by atoms with Gasteiger partial charge in [0.25, 0.3) is 0 Å². The highest BCUT2D eigenvalue weighted by atomic mass is 127. The third kappa shape index (κ3) is 9.43. The molecule has 148 valence electrons. The zero-order valence-electron chi connectivity index (χ0n) is 14.3. The van der Waals surface area contributed by atoms with Crippen LogP contribution in [0, 0.1) is 0 Å². The van der Waals surface area contributed by atoms with Gasteiger partial charge in [-0.15, -0.1) is 37.1 Å². The summed E-state index contributed by atoms with van der Waals surface area (Å²) in [5.74, 6) is 0.0621. The van der Waals surface area contributed by atoms with Gasteiger partial charge in [0.15, 0.2) is 5.96 Å². The molecular weight excluding hydrogens is 464 g/mol. The van der Waals surface area contributed by atoms with E-state index in [9.17, 15) is 13.2 Å². The summed E-state index contributed by atoms with van der Waals surface area (Å²) < 4.78 is 45.4. The molecule has 0 spiro atoms. The monoisotopic (exact) mass is 488 g/mol. The van der Waals surface area contributed by atoms with Gasteiger partial charge in [0.05, 0.1) is 19.8 Å². The molecule has 1 fully saturated rings. The third-order valence-electron chi connectivity index (χ3n) is 3.65. The Bertz CT molecular complexity index is 549.